The van der Waals surface area contributed by atoms with Crippen LogP contribution in [0.3, 0.4) is 0 Å². The Morgan fingerprint density at radius 3 is 1.75 bits per heavy atom. The van der Waals surface area contributed by atoms with Crippen LogP contribution in [0.15, 0.2) is 0 Å². The molecule has 0 saturated carbocycles. The summed E-state index contributed by atoms with van der Waals surface area (Å²) in [6, 6.07) is 0. The lowest BCUT2D eigenvalue weighted by atomic mass is 10.1. The molecule has 1 aliphatic heterocycles. The molecule has 32 heavy (non-hydrogen) atoms. The maximum absolute atomic E-state index is 14.1. The third-order valence-electron chi connectivity index (χ3n) is 6.07. The molecule has 192 valence electrons. The van der Waals surface area contributed by atoms with Crippen molar-refractivity contribution >= 4 is 15.2 Å². The standard InChI is InChI=1S/C24H50O6P2/c1-9-27-31(25)23(6,7)20-24(8,30-31)32(26,28-18-14-10-12-16-21(2)3)29-19-15-11-13-17-22(4)5/h21-22H,9-20H2,1-8H3. The Bertz CT molecular complexity index is 610. The Morgan fingerprint density at radius 2 is 1.34 bits per heavy atom. The molecule has 8 heteroatoms. The smallest absolute Gasteiger partial charge is 0.308 e. The highest BCUT2D eigenvalue weighted by molar-refractivity contribution is 7.60. The van der Waals surface area contributed by atoms with Crippen LogP contribution >= 0.6 is 15.2 Å². The van der Waals surface area contributed by atoms with E-state index >= 15 is 0 Å². The zero-order valence-electron chi connectivity index (χ0n) is 22.0. The van der Waals surface area contributed by atoms with Gasteiger partial charge in [0, 0.05) is 6.42 Å². The van der Waals surface area contributed by atoms with Crippen molar-refractivity contribution in [3.63, 3.8) is 0 Å². The van der Waals surface area contributed by atoms with Gasteiger partial charge in [-0.3, -0.25) is 13.7 Å². The van der Waals surface area contributed by atoms with E-state index in [-0.39, 0.29) is 6.61 Å². The molecule has 0 spiro atoms. The van der Waals surface area contributed by atoms with E-state index in [9.17, 15) is 9.13 Å². The molecule has 0 aromatic heterocycles. The molecule has 1 saturated heterocycles. The Balaban J connectivity index is 2.82. The average Bonchev–Trinajstić information content (AvgIpc) is 2.85. The zero-order valence-corrected chi connectivity index (χ0v) is 23.8. The van der Waals surface area contributed by atoms with Crippen LogP contribution in [-0.2, 0) is 27.2 Å². The van der Waals surface area contributed by atoms with E-state index in [0.29, 0.717) is 31.5 Å². The molecule has 0 amide bonds. The van der Waals surface area contributed by atoms with Gasteiger partial charge in [0.2, 0.25) is 0 Å². The zero-order chi connectivity index (χ0) is 24.5. The molecule has 2 unspecified atom stereocenters. The highest BCUT2D eigenvalue weighted by atomic mass is 31.2. The summed E-state index contributed by atoms with van der Waals surface area (Å²) in [6.07, 6.45) is 8.59. The van der Waals surface area contributed by atoms with Crippen LogP contribution < -0.4 is 0 Å². The highest BCUT2D eigenvalue weighted by Crippen LogP contribution is 2.79. The summed E-state index contributed by atoms with van der Waals surface area (Å²) in [6.45, 7) is 17.0. The molecule has 0 N–H and O–H groups in total. The maximum atomic E-state index is 14.1. The lowest BCUT2D eigenvalue weighted by Crippen LogP contribution is -2.29. The SMILES string of the molecule is CCOP1(=O)OC(C)(P(=O)(OCCCCCC(C)C)OCCCCCC(C)C)CC1(C)C. The molecule has 1 rings (SSSR count). The molecule has 0 aromatic rings. The van der Waals surface area contributed by atoms with Crippen molar-refractivity contribution in [1.82, 2.24) is 0 Å². The van der Waals surface area contributed by atoms with Gasteiger partial charge in [0.05, 0.1) is 25.0 Å². The van der Waals surface area contributed by atoms with Crippen LogP contribution in [0.5, 0.6) is 0 Å². The van der Waals surface area contributed by atoms with E-state index in [1.807, 2.05) is 13.8 Å². The second-order valence-corrected chi connectivity index (χ2v) is 15.9. The van der Waals surface area contributed by atoms with E-state index in [4.69, 9.17) is 18.1 Å². The molecular formula is C24H50O6P2. The van der Waals surface area contributed by atoms with Crippen LogP contribution in [0.4, 0.5) is 0 Å². The van der Waals surface area contributed by atoms with E-state index in [1.165, 1.54) is 12.8 Å². The topological polar surface area (TPSA) is 71.1 Å². The van der Waals surface area contributed by atoms with Crippen LogP contribution in [-0.4, -0.2) is 30.3 Å². The van der Waals surface area contributed by atoms with Gasteiger partial charge < -0.3 is 13.6 Å². The minimum absolute atomic E-state index is 0.272. The quantitative estimate of drug-likeness (QED) is 0.148. The summed E-state index contributed by atoms with van der Waals surface area (Å²) >= 11 is 0. The summed E-state index contributed by atoms with van der Waals surface area (Å²) in [5, 5.41) is -2.04. The Morgan fingerprint density at radius 1 is 0.875 bits per heavy atom. The van der Waals surface area contributed by atoms with Gasteiger partial charge in [-0.05, 0) is 52.4 Å². The fourth-order valence-corrected chi connectivity index (χ4v) is 9.04. The lowest BCUT2D eigenvalue weighted by Gasteiger charge is -2.32. The average molecular weight is 497 g/mol. The molecule has 6 nitrogen and oxygen atoms in total. The van der Waals surface area contributed by atoms with E-state index in [1.54, 1.807) is 13.8 Å². The molecule has 1 aliphatic rings. The van der Waals surface area contributed by atoms with E-state index < -0.39 is 25.7 Å². The molecule has 0 aromatic carbocycles. The summed E-state index contributed by atoms with van der Waals surface area (Å²) in [4.78, 5) is 0. The number of hydrogen-bond donors (Lipinski definition) is 0. The second kappa shape index (κ2) is 13.4. The van der Waals surface area contributed by atoms with Gasteiger partial charge in [-0.25, -0.2) is 0 Å². The second-order valence-electron chi connectivity index (χ2n) is 10.8. The van der Waals surface area contributed by atoms with Crippen LogP contribution in [0.2, 0.25) is 0 Å². The number of hydrogen-bond acceptors (Lipinski definition) is 6. The first-order valence-corrected chi connectivity index (χ1v) is 15.7. The van der Waals surface area contributed by atoms with Crippen LogP contribution in [0, 0.1) is 11.8 Å². The fraction of sp³-hybridized carbons (Fsp3) is 1.00. The predicted octanol–water partition coefficient (Wildman–Crippen LogP) is 8.79. The largest absolute Gasteiger partial charge is 0.362 e. The third kappa shape index (κ3) is 8.82. The van der Waals surface area contributed by atoms with Crippen molar-refractivity contribution in [1.29, 1.82) is 0 Å². The lowest BCUT2D eigenvalue weighted by molar-refractivity contribution is 0.0944. The molecule has 0 bridgehead atoms. The van der Waals surface area contributed by atoms with Gasteiger partial charge in [-0.15, -0.1) is 0 Å². The van der Waals surface area contributed by atoms with Gasteiger partial charge in [-0.2, -0.15) is 0 Å². The molecule has 1 fully saturated rings. The van der Waals surface area contributed by atoms with Crippen molar-refractivity contribution < 1.29 is 27.2 Å². The molecular weight excluding hydrogens is 446 g/mol. The van der Waals surface area contributed by atoms with E-state index in [0.717, 1.165) is 38.5 Å². The minimum Gasteiger partial charge on any atom is -0.308 e. The summed E-state index contributed by atoms with van der Waals surface area (Å²) in [5.41, 5.74) is 0. The Kier molecular flexibility index (Phi) is 12.7. The van der Waals surface area contributed by atoms with Crippen molar-refractivity contribution in [2.75, 3.05) is 19.8 Å². The summed E-state index contributed by atoms with van der Waals surface area (Å²) in [5.74, 6) is 1.36. The Hall–Kier alpha value is 0.300. The first kappa shape index (κ1) is 30.3. The molecule has 2 atom stereocenters. The van der Waals surface area contributed by atoms with Crippen LogP contribution in [0.25, 0.3) is 0 Å². The normalized spacial score (nSPS) is 25.8. The first-order chi connectivity index (χ1) is 14.8. The van der Waals surface area contributed by atoms with Crippen molar-refractivity contribution in [2.45, 2.75) is 124 Å². The third-order valence-corrected chi connectivity index (χ3v) is 11.6. The van der Waals surface area contributed by atoms with Gasteiger partial charge in [0.25, 0.3) is 0 Å². The summed E-state index contributed by atoms with van der Waals surface area (Å²) < 4.78 is 50.9. The predicted molar refractivity (Wildman–Crippen MR) is 134 cm³/mol. The highest BCUT2D eigenvalue weighted by Gasteiger charge is 2.66. The van der Waals surface area contributed by atoms with Crippen LogP contribution in [0.1, 0.15) is 113 Å². The summed E-state index contributed by atoms with van der Waals surface area (Å²) in [7, 11) is -7.12. The maximum Gasteiger partial charge on any atom is 0.362 e. The molecule has 1 heterocycles. The van der Waals surface area contributed by atoms with Gasteiger partial charge >= 0.3 is 15.2 Å². The van der Waals surface area contributed by atoms with Gasteiger partial charge in [0.15, 0.2) is 5.34 Å². The van der Waals surface area contributed by atoms with Gasteiger partial charge in [-0.1, -0.05) is 66.2 Å². The number of rotatable bonds is 17. The first-order valence-electron chi connectivity index (χ1n) is 12.7. The van der Waals surface area contributed by atoms with Crippen molar-refractivity contribution in [3.8, 4) is 0 Å². The van der Waals surface area contributed by atoms with E-state index in [2.05, 4.69) is 27.7 Å². The van der Waals surface area contributed by atoms with Crippen molar-refractivity contribution in [3.05, 3.63) is 0 Å². The van der Waals surface area contributed by atoms with Crippen molar-refractivity contribution in [2.24, 2.45) is 11.8 Å². The van der Waals surface area contributed by atoms with Gasteiger partial charge in [0.1, 0.15) is 0 Å². The number of unbranched alkanes of at least 4 members (excludes halogenated alkanes) is 4. The monoisotopic (exact) mass is 496 g/mol. The molecule has 0 aliphatic carbocycles. The molecule has 0 radical (unpaired) electrons. The Labute approximate surface area is 198 Å². The fourth-order valence-electron chi connectivity index (χ4n) is 4.17. The minimum atomic E-state index is -3.67.